The molecule has 1 aliphatic carbocycles. The lowest BCUT2D eigenvalue weighted by molar-refractivity contribution is 0.199. The van der Waals surface area contributed by atoms with Crippen LogP contribution in [0.5, 0.6) is 11.5 Å². The molecule has 1 heterocycles. The van der Waals surface area contributed by atoms with Crippen LogP contribution in [0, 0.1) is 0 Å². The van der Waals surface area contributed by atoms with Crippen molar-refractivity contribution in [2.75, 3.05) is 25.2 Å². The Morgan fingerprint density at radius 3 is 2.70 bits per heavy atom. The van der Waals surface area contributed by atoms with Crippen LogP contribution in [-0.2, 0) is 5.41 Å². The molecule has 2 aliphatic rings. The Balaban J connectivity index is 1.89. The minimum Gasteiger partial charge on any atom is -0.493 e. The van der Waals surface area contributed by atoms with E-state index in [1.807, 2.05) is 11.8 Å². The monoisotopic (exact) mass is 335 g/mol. The van der Waals surface area contributed by atoms with Gasteiger partial charge in [0.25, 0.3) is 0 Å². The average molecular weight is 336 g/mol. The lowest BCUT2D eigenvalue weighted by atomic mass is 9.69. The zero-order valence-electron chi connectivity index (χ0n) is 14.2. The maximum absolute atomic E-state index is 6.31. The van der Waals surface area contributed by atoms with E-state index in [9.17, 15) is 0 Å². The minimum absolute atomic E-state index is 0.0598. The summed E-state index contributed by atoms with van der Waals surface area (Å²) >= 11 is 1.99. The summed E-state index contributed by atoms with van der Waals surface area (Å²) in [7, 11) is 1.76. The van der Waals surface area contributed by atoms with Gasteiger partial charge in [0.05, 0.1) is 7.11 Å². The Labute approximate surface area is 144 Å². The fourth-order valence-corrected chi connectivity index (χ4v) is 5.07. The molecular weight excluding hydrogens is 306 g/mol. The molecule has 0 bridgehead atoms. The van der Waals surface area contributed by atoms with E-state index in [1.165, 1.54) is 37.0 Å². The first-order valence-corrected chi connectivity index (χ1v) is 10.1. The summed E-state index contributed by atoms with van der Waals surface area (Å²) in [4.78, 5) is 0. The molecule has 1 aliphatic heterocycles. The zero-order valence-corrected chi connectivity index (χ0v) is 15.0. The van der Waals surface area contributed by atoms with Gasteiger partial charge in [0.2, 0.25) is 0 Å². The normalized spacial score (nSPS) is 24.2. The molecule has 2 fully saturated rings. The van der Waals surface area contributed by atoms with Crippen molar-refractivity contribution in [3.63, 3.8) is 0 Å². The van der Waals surface area contributed by atoms with Crippen molar-refractivity contribution in [2.24, 2.45) is 5.73 Å². The first-order valence-electron chi connectivity index (χ1n) is 8.91. The van der Waals surface area contributed by atoms with Crippen molar-refractivity contribution >= 4 is 11.8 Å². The Bertz CT molecular complexity index is 508. The largest absolute Gasteiger partial charge is 0.493 e. The van der Waals surface area contributed by atoms with Gasteiger partial charge in [0.15, 0.2) is 11.5 Å². The Hall–Kier alpha value is -0.870. The molecule has 0 aromatic heterocycles. The van der Waals surface area contributed by atoms with Gasteiger partial charge in [-0.15, -0.1) is 0 Å². The molecule has 3 rings (SSSR count). The van der Waals surface area contributed by atoms with Gasteiger partial charge in [0, 0.05) is 23.3 Å². The van der Waals surface area contributed by atoms with Crippen molar-refractivity contribution in [1.82, 2.24) is 0 Å². The highest BCUT2D eigenvalue weighted by Gasteiger charge is 2.36. The van der Waals surface area contributed by atoms with Crippen molar-refractivity contribution < 1.29 is 9.47 Å². The first-order chi connectivity index (χ1) is 11.3. The van der Waals surface area contributed by atoms with Gasteiger partial charge < -0.3 is 15.2 Å². The van der Waals surface area contributed by atoms with Crippen LogP contribution in [-0.4, -0.2) is 31.3 Å². The maximum atomic E-state index is 6.31. The van der Waals surface area contributed by atoms with Crippen LogP contribution in [0.25, 0.3) is 0 Å². The van der Waals surface area contributed by atoms with E-state index >= 15 is 0 Å². The molecular formula is C19H29NO2S. The van der Waals surface area contributed by atoms with Gasteiger partial charge >= 0.3 is 0 Å². The molecule has 128 valence electrons. The quantitative estimate of drug-likeness (QED) is 0.879. The third-order valence-corrected chi connectivity index (χ3v) is 6.55. The smallest absolute Gasteiger partial charge is 0.164 e. The Morgan fingerprint density at radius 1 is 1.22 bits per heavy atom. The molecule has 1 unspecified atom stereocenters. The van der Waals surface area contributed by atoms with Gasteiger partial charge in [-0.3, -0.25) is 0 Å². The average Bonchev–Trinajstić information content (AvgIpc) is 2.63. The highest BCUT2D eigenvalue weighted by atomic mass is 32.2. The molecule has 1 atom stereocenters. The zero-order chi connectivity index (χ0) is 16.1. The van der Waals surface area contributed by atoms with Crippen LogP contribution in [0.2, 0.25) is 0 Å². The van der Waals surface area contributed by atoms with Crippen molar-refractivity contribution in [2.45, 2.75) is 56.5 Å². The number of nitrogens with two attached hydrogens (primary N) is 1. The van der Waals surface area contributed by atoms with E-state index in [-0.39, 0.29) is 5.41 Å². The third-order valence-electron chi connectivity index (χ3n) is 5.37. The van der Waals surface area contributed by atoms with Crippen LogP contribution >= 0.6 is 11.8 Å². The second kappa shape index (κ2) is 7.80. The number of benzene rings is 1. The Morgan fingerprint density at radius 2 is 2.04 bits per heavy atom. The van der Waals surface area contributed by atoms with E-state index in [2.05, 4.69) is 18.2 Å². The van der Waals surface area contributed by atoms with Crippen LogP contribution in [0.3, 0.4) is 0 Å². The summed E-state index contributed by atoms with van der Waals surface area (Å²) in [6.07, 6.45) is 8.82. The van der Waals surface area contributed by atoms with Crippen LogP contribution in [0.15, 0.2) is 18.2 Å². The summed E-state index contributed by atoms with van der Waals surface area (Å²) in [6, 6.07) is 6.35. The van der Waals surface area contributed by atoms with E-state index in [1.54, 1.807) is 7.11 Å². The molecule has 0 radical (unpaired) electrons. The standard InChI is InChI=1S/C19H29NO2S/c1-21-18-16(19(14-20)10-3-2-4-11-19)8-5-9-17(18)22-15-7-6-12-23-13-15/h5,8-9,15H,2-4,6-7,10-14,20H2,1H3. The van der Waals surface area contributed by atoms with Crippen LogP contribution in [0.4, 0.5) is 0 Å². The fraction of sp³-hybridized carbons (Fsp3) is 0.684. The van der Waals surface area contributed by atoms with E-state index in [4.69, 9.17) is 15.2 Å². The van der Waals surface area contributed by atoms with Gasteiger partial charge in [-0.25, -0.2) is 0 Å². The highest BCUT2D eigenvalue weighted by Crippen LogP contribution is 2.46. The maximum Gasteiger partial charge on any atom is 0.164 e. The number of thioether (sulfide) groups is 1. The lowest BCUT2D eigenvalue weighted by Crippen LogP contribution is -2.37. The summed E-state index contributed by atoms with van der Waals surface area (Å²) < 4.78 is 12.1. The van der Waals surface area contributed by atoms with Crippen LogP contribution in [0.1, 0.15) is 50.5 Å². The van der Waals surface area contributed by atoms with Gasteiger partial charge in [-0.05, 0) is 37.5 Å². The molecule has 1 saturated heterocycles. The molecule has 1 saturated carbocycles. The van der Waals surface area contributed by atoms with Gasteiger partial charge in [0.1, 0.15) is 6.10 Å². The first kappa shape index (κ1) is 17.0. The number of rotatable bonds is 5. The lowest BCUT2D eigenvalue weighted by Gasteiger charge is -2.38. The minimum atomic E-state index is 0.0598. The SMILES string of the molecule is COc1c(OC2CCCSC2)cccc1C1(CN)CCCCC1. The number of ether oxygens (including phenoxy) is 2. The number of para-hydroxylation sites is 1. The van der Waals surface area contributed by atoms with E-state index < -0.39 is 0 Å². The molecule has 23 heavy (non-hydrogen) atoms. The fourth-order valence-electron chi connectivity index (χ4n) is 4.03. The van der Waals surface area contributed by atoms with Crippen molar-refractivity contribution in [3.8, 4) is 11.5 Å². The molecule has 3 nitrogen and oxygen atoms in total. The van der Waals surface area contributed by atoms with Crippen molar-refractivity contribution in [3.05, 3.63) is 23.8 Å². The summed E-state index contributed by atoms with van der Waals surface area (Å²) in [6.45, 7) is 0.687. The predicted molar refractivity (Wildman–Crippen MR) is 97.8 cm³/mol. The van der Waals surface area contributed by atoms with Crippen molar-refractivity contribution in [1.29, 1.82) is 0 Å². The van der Waals surface area contributed by atoms with Gasteiger partial charge in [-0.1, -0.05) is 31.4 Å². The molecule has 2 N–H and O–H groups in total. The second-order valence-electron chi connectivity index (χ2n) is 6.84. The molecule has 1 aromatic carbocycles. The molecule has 1 aromatic rings. The summed E-state index contributed by atoms with van der Waals surface area (Å²) in [5.74, 6) is 4.15. The number of hydrogen-bond donors (Lipinski definition) is 1. The molecule has 0 spiro atoms. The number of methoxy groups -OCH3 is 1. The van der Waals surface area contributed by atoms with E-state index in [0.717, 1.165) is 36.5 Å². The van der Waals surface area contributed by atoms with Crippen LogP contribution < -0.4 is 15.2 Å². The molecule has 4 heteroatoms. The number of hydrogen-bond acceptors (Lipinski definition) is 4. The summed E-state index contributed by atoms with van der Waals surface area (Å²) in [5, 5.41) is 0. The third kappa shape index (κ3) is 3.63. The van der Waals surface area contributed by atoms with E-state index in [0.29, 0.717) is 12.6 Å². The Kier molecular flexibility index (Phi) is 5.76. The highest BCUT2D eigenvalue weighted by molar-refractivity contribution is 7.99. The molecule has 0 amide bonds. The second-order valence-corrected chi connectivity index (χ2v) is 7.99. The topological polar surface area (TPSA) is 44.5 Å². The summed E-state index contributed by atoms with van der Waals surface area (Å²) in [5.41, 5.74) is 7.54. The predicted octanol–water partition coefficient (Wildman–Crippen LogP) is 4.13. The van der Waals surface area contributed by atoms with Gasteiger partial charge in [-0.2, -0.15) is 11.8 Å².